The van der Waals surface area contributed by atoms with Crippen LogP contribution in [0.15, 0.2) is 22.1 Å². The van der Waals surface area contributed by atoms with E-state index in [9.17, 15) is 9.90 Å². The van der Waals surface area contributed by atoms with Crippen LogP contribution in [0.2, 0.25) is 0 Å². The number of hydrogen-bond acceptors (Lipinski definition) is 7. The molecule has 9 nitrogen and oxygen atoms in total. The Morgan fingerprint density at radius 1 is 1.25 bits per heavy atom. The number of carbonyl (C=O) groups is 1. The van der Waals surface area contributed by atoms with E-state index in [1.54, 1.807) is 20.4 Å². The molecule has 0 unspecified atom stereocenters. The number of methoxy groups -OCH3 is 1. The zero-order chi connectivity index (χ0) is 23.1. The van der Waals surface area contributed by atoms with E-state index in [1.165, 1.54) is 0 Å². The van der Waals surface area contributed by atoms with Crippen LogP contribution in [-0.4, -0.2) is 61.8 Å². The maximum atomic E-state index is 12.1. The number of nitrogens with one attached hydrogen (secondary N) is 3. The molecule has 0 saturated heterocycles. The van der Waals surface area contributed by atoms with Gasteiger partial charge in [-0.15, -0.1) is 0 Å². The highest BCUT2D eigenvalue weighted by Gasteiger charge is 2.18. The average molecular weight is 442 g/mol. The molecule has 1 aromatic carbocycles. The van der Waals surface area contributed by atoms with Crippen LogP contribution in [0.1, 0.15) is 42.9 Å². The summed E-state index contributed by atoms with van der Waals surface area (Å²) in [5.74, 6) is 1.94. The molecular formula is C23H31N5O4. The molecule has 0 atom stereocenters. The topological polar surface area (TPSA) is 120 Å². The number of amides is 1. The van der Waals surface area contributed by atoms with Crippen molar-refractivity contribution in [3.8, 4) is 17.4 Å². The van der Waals surface area contributed by atoms with Crippen molar-refractivity contribution < 1.29 is 19.4 Å². The number of hydrogen-bond donors (Lipinski definition) is 4. The second-order valence-corrected chi connectivity index (χ2v) is 7.54. The maximum absolute atomic E-state index is 12.1. The van der Waals surface area contributed by atoms with Crippen LogP contribution < -0.4 is 20.1 Å². The number of H-pyrrole nitrogens is 1. The van der Waals surface area contributed by atoms with Crippen LogP contribution in [0, 0.1) is 6.92 Å². The molecule has 0 fully saturated rings. The van der Waals surface area contributed by atoms with Crippen LogP contribution in [-0.2, 0) is 4.79 Å². The van der Waals surface area contributed by atoms with Gasteiger partial charge in [-0.1, -0.05) is 0 Å². The van der Waals surface area contributed by atoms with Gasteiger partial charge in [-0.2, -0.15) is 0 Å². The maximum Gasteiger partial charge on any atom is 0.220 e. The lowest BCUT2D eigenvalue weighted by molar-refractivity contribution is -0.121. The summed E-state index contributed by atoms with van der Waals surface area (Å²) < 4.78 is 11.4. The minimum absolute atomic E-state index is 0.000123. The van der Waals surface area contributed by atoms with E-state index in [1.807, 2.05) is 26.0 Å². The van der Waals surface area contributed by atoms with Crippen molar-refractivity contribution in [1.29, 1.82) is 0 Å². The second kappa shape index (κ2) is 10.7. The Morgan fingerprint density at radius 2 is 2.06 bits per heavy atom. The Kier molecular flexibility index (Phi) is 7.75. The molecule has 3 rings (SSSR count). The summed E-state index contributed by atoms with van der Waals surface area (Å²) in [6, 6.07) is 3.63. The Hall–Kier alpha value is -3.49. The quantitative estimate of drug-likeness (QED) is 0.570. The predicted molar refractivity (Wildman–Crippen MR) is 126 cm³/mol. The first-order valence-corrected chi connectivity index (χ1v) is 10.7. The Morgan fingerprint density at radius 3 is 2.81 bits per heavy atom. The van der Waals surface area contributed by atoms with Crippen molar-refractivity contribution in [3.63, 3.8) is 0 Å². The van der Waals surface area contributed by atoms with Gasteiger partial charge in [0, 0.05) is 61.7 Å². The van der Waals surface area contributed by atoms with E-state index in [4.69, 9.17) is 9.47 Å². The molecule has 2 aromatic rings. The number of aromatic hydroxyl groups is 1. The zero-order valence-corrected chi connectivity index (χ0v) is 19.0. The zero-order valence-electron chi connectivity index (χ0n) is 19.0. The van der Waals surface area contributed by atoms with Gasteiger partial charge in [0.15, 0.2) is 5.88 Å². The Labute approximate surface area is 188 Å². The van der Waals surface area contributed by atoms with Gasteiger partial charge in [0.2, 0.25) is 5.91 Å². The Balaban J connectivity index is 2.04. The molecule has 9 heteroatoms. The third-order valence-electron chi connectivity index (χ3n) is 5.30. The van der Waals surface area contributed by atoms with E-state index in [0.717, 1.165) is 23.3 Å². The largest absolute Gasteiger partial charge is 0.496 e. The van der Waals surface area contributed by atoms with Gasteiger partial charge in [0.1, 0.15) is 17.3 Å². The number of rotatable bonds is 2. The van der Waals surface area contributed by atoms with Gasteiger partial charge >= 0.3 is 0 Å². The SMILES string of the molecule is CNc1[nH]c(O)c2c1C(C)=NCCCNC(=O)CCCOc1cc(cc(OC)c1C)N=C2. The van der Waals surface area contributed by atoms with Crippen molar-refractivity contribution in [1.82, 2.24) is 10.3 Å². The van der Waals surface area contributed by atoms with E-state index >= 15 is 0 Å². The number of aliphatic imine (C=N–C) groups is 2. The van der Waals surface area contributed by atoms with Gasteiger partial charge in [-0.3, -0.25) is 14.8 Å². The molecule has 0 radical (unpaired) electrons. The number of carbonyl (C=O) groups excluding carboxylic acids is 1. The summed E-state index contributed by atoms with van der Waals surface area (Å²) in [5.41, 5.74) is 3.51. The number of aromatic amines is 1. The molecular weight excluding hydrogens is 410 g/mol. The summed E-state index contributed by atoms with van der Waals surface area (Å²) in [5, 5.41) is 16.5. The molecule has 1 aromatic heterocycles. The fourth-order valence-electron chi connectivity index (χ4n) is 3.55. The minimum Gasteiger partial charge on any atom is -0.496 e. The molecule has 0 saturated carbocycles. The van der Waals surface area contributed by atoms with Gasteiger partial charge in [0.25, 0.3) is 0 Å². The molecule has 0 aliphatic carbocycles. The highest BCUT2D eigenvalue weighted by atomic mass is 16.5. The van der Waals surface area contributed by atoms with Crippen LogP contribution in [0.25, 0.3) is 0 Å². The number of aromatic nitrogens is 1. The van der Waals surface area contributed by atoms with E-state index in [0.29, 0.717) is 61.1 Å². The summed E-state index contributed by atoms with van der Waals surface area (Å²) in [4.78, 5) is 24.2. The third-order valence-corrected chi connectivity index (χ3v) is 5.30. The molecule has 1 amide bonds. The highest BCUT2D eigenvalue weighted by molar-refractivity contribution is 6.11. The highest BCUT2D eigenvalue weighted by Crippen LogP contribution is 2.34. The van der Waals surface area contributed by atoms with Crippen molar-refractivity contribution in [2.45, 2.75) is 33.1 Å². The molecule has 172 valence electrons. The monoisotopic (exact) mass is 441 g/mol. The van der Waals surface area contributed by atoms with Crippen molar-refractivity contribution in [3.05, 3.63) is 28.8 Å². The van der Waals surface area contributed by atoms with Crippen molar-refractivity contribution in [2.24, 2.45) is 9.98 Å². The van der Waals surface area contributed by atoms with Crippen molar-refractivity contribution in [2.75, 3.05) is 39.2 Å². The second-order valence-electron chi connectivity index (χ2n) is 7.54. The standard InChI is InChI=1S/C23H31N5O4/c1-14-18(31-4)11-16-12-19(14)32-10-5-7-20(29)26-9-6-8-25-15(2)21-17(13-27-16)23(30)28-22(21)24-3/h11-13,24,28,30H,5-10H2,1-4H3,(H,26,29). The lowest BCUT2D eigenvalue weighted by Crippen LogP contribution is -2.25. The lowest BCUT2D eigenvalue weighted by Gasteiger charge is -2.13. The van der Waals surface area contributed by atoms with Crippen LogP contribution in [0.3, 0.4) is 0 Å². The molecule has 2 bridgehead atoms. The van der Waals surface area contributed by atoms with Gasteiger partial charge in [-0.05, 0) is 26.7 Å². The van der Waals surface area contributed by atoms with Gasteiger partial charge in [-0.25, -0.2) is 0 Å². The fourth-order valence-corrected chi connectivity index (χ4v) is 3.55. The number of ether oxygens (including phenoxy) is 2. The first kappa shape index (κ1) is 23.2. The smallest absolute Gasteiger partial charge is 0.220 e. The third kappa shape index (κ3) is 5.40. The Bertz CT molecular complexity index is 1030. The first-order valence-electron chi connectivity index (χ1n) is 10.7. The number of benzene rings is 1. The van der Waals surface area contributed by atoms with Gasteiger partial charge < -0.3 is 30.2 Å². The van der Waals surface area contributed by atoms with Crippen LogP contribution >= 0.6 is 0 Å². The summed E-state index contributed by atoms with van der Waals surface area (Å²) in [6.07, 6.45) is 3.33. The summed E-state index contributed by atoms with van der Waals surface area (Å²) in [6.45, 7) is 5.32. The van der Waals surface area contributed by atoms with E-state index < -0.39 is 0 Å². The first-order chi connectivity index (χ1) is 15.4. The number of fused-ring (bicyclic) bond motifs is 3. The lowest BCUT2D eigenvalue weighted by atomic mass is 10.1. The molecule has 0 spiro atoms. The molecule has 1 aliphatic heterocycles. The van der Waals surface area contributed by atoms with Gasteiger partial charge in [0.05, 0.1) is 25.0 Å². The van der Waals surface area contributed by atoms with E-state index in [-0.39, 0.29) is 11.8 Å². The fraction of sp³-hybridized carbons (Fsp3) is 0.435. The number of anilines is 1. The minimum atomic E-state index is -0.00150. The summed E-state index contributed by atoms with van der Waals surface area (Å²) in [7, 11) is 3.36. The van der Waals surface area contributed by atoms with Crippen LogP contribution in [0.5, 0.6) is 17.4 Å². The van der Waals surface area contributed by atoms with Crippen molar-refractivity contribution >= 4 is 29.3 Å². The number of nitrogens with zero attached hydrogens (tertiary/aromatic N) is 2. The molecule has 2 heterocycles. The van der Waals surface area contributed by atoms with Crippen LogP contribution in [0.4, 0.5) is 11.5 Å². The molecule has 4 N–H and O–H groups in total. The average Bonchev–Trinajstić information content (AvgIpc) is 3.11. The molecule has 1 aliphatic rings. The van der Waals surface area contributed by atoms with E-state index in [2.05, 4.69) is 25.6 Å². The normalized spacial score (nSPS) is 15.5. The molecule has 32 heavy (non-hydrogen) atoms. The summed E-state index contributed by atoms with van der Waals surface area (Å²) >= 11 is 0. The predicted octanol–water partition coefficient (Wildman–Crippen LogP) is 3.32.